The van der Waals surface area contributed by atoms with E-state index in [-0.39, 0.29) is 6.61 Å². The van der Waals surface area contributed by atoms with Crippen LogP contribution in [-0.4, -0.2) is 57.4 Å². The zero-order chi connectivity index (χ0) is 18.6. The van der Waals surface area contributed by atoms with Gasteiger partial charge in [0.25, 0.3) is 0 Å². The number of aromatic nitrogens is 3. The predicted octanol–water partition coefficient (Wildman–Crippen LogP) is -1.04. The van der Waals surface area contributed by atoms with Gasteiger partial charge >= 0.3 is 23.6 Å². The number of nitrogens with zero attached hydrogens (tertiary/aromatic N) is 3. The summed E-state index contributed by atoms with van der Waals surface area (Å²) in [5.41, 5.74) is -0.702. The molecule has 1 aromatic heterocycles. The van der Waals surface area contributed by atoms with E-state index in [1.165, 1.54) is 13.8 Å². The van der Waals surface area contributed by atoms with Crippen molar-refractivity contribution in [3.05, 3.63) is 23.1 Å². The summed E-state index contributed by atoms with van der Waals surface area (Å²) >= 11 is 0. The van der Waals surface area contributed by atoms with E-state index in [2.05, 4.69) is 9.97 Å². The lowest BCUT2D eigenvalue weighted by molar-refractivity contribution is -0.166. The highest BCUT2D eigenvalue weighted by molar-refractivity contribution is 5.67. The Morgan fingerprint density at radius 3 is 2.32 bits per heavy atom. The zero-order valence-corrected chi connectivity index (χ0v) is 13.8. The Kier molecular flexibility index (Phi) is 5.80. The largest absolute Gasteiger partial charge is 0.463 e. The SMILES string of the molecule is CC(=O)OC[C@H]1O[C@@H](n2cncnc2=O)C(OC(C)=O)[C@H]1OC(C)=O. The highest BCUT2D eigenvalue weighted by Gasteiger charge is 2.50. The van der Waals surface area contributed by atoms with Gasteiger partial charge in [-0.1, -0.05) is 0 Å². The van der Waals surface area contributed by atoms with E-state index in [1.807, 2.05) is 0 Å². The molecule has 0 aliphatic carbocycles. The van der Waals surface area contributed by atoms with Crippen LogP contribution in [0, 0.1) is 0 Å². The first-order valence-electron chi connectivity index (χ1n) is 7.31. The van der Waals surface area contributed by atoms with Crippen LogP contribution in [-0.2, 0) is 33.3 Å². The Balaban J connectivity index is 2.37. The van der Waals surface area contributed by atoms with Gasteiger partial charge in [-0.25, -0.2) is 9.78 Å². The minimum Gasteiger partial charge on any atom is -0.463 e. The number of rotatable bonds is 5. The van der Waals surface area contributed by atoms with E-state index in [9.17, 15) is 19.2 Å². The average molecular weight is 355 g/mol. The van der Waals surface area contributed by atoms with Gasteiger partial charge in [0.1, 0.15) is 25.4 Å². The maximum absolute atomic E-state index is 11.9. The standard InChI is InChI=1S/C14H17N3O8/c1-7(18)22-4-10-11(23-8(2)19)12(24-9(3)20)13(25-10)17-6-15-5-16-14(17)21/h5-6,10-13H,4H2,1-3H3/t10-,11+,12?,13-/m1/s1. The molecule has 0 N–H and O–H groups in total. The van der Waals surface area contributed by atoms with E-state index in [1.54, 1.807) is 0 Å². The Bertz CT molecular complexity index is 718. The molecule has 1 aliphatic heterocycles. The minimum absolute atomic E-state index is 0.260. The maximum Gasteiger partial charge on any atom is 0.352 e. The molecule has 1 saturated heterocycles. The summed E-state index contributed by atoms with van der Waals surface area (Å²) in [5.74, 6) is -1.90. The average Bonchev–Trinajstić information content (AvgIpc) is 2.82. The summed E-state index contributed by atoms with van der Waals surface area (Å²) in [6.45, 7) is 3.26. The summed E-state index contributed by atoms with van der Waals surface area (Å²) in [6.07, 6.45) is -2.13. The number of carbonyl (C=O) groups is 3. The van der Waals surface area contributed by atoms with Crippen molar-refractivity contribution in [3.8, 4) is 0 Å². The molecule has 1 fully saturated rings. The second-order valence-electron chi connectivity index (χ2n) is 5.21. The van der Waals surface area contributed by atoms with Crippen LogP contribution in [0.5, 0.6) is 0 Å². The monoisotopic (exact) mass is 355 g/mol. The second kappa shape index (κ2) is 7.83. The van der Waals surface area contributed by atoms with Crippen molar-refractivity contribution in [1.82, 2.24) is 14.5 Å². The quantitative estimate of drug-likeness (QED) is 0.476. The van der Waals surface area contributed by atoms with E-state index in [0.717, 1.165) is 24.1 Å². The lowest BCUT2D eigenvalue weighted by atomic mass is 10.1. The Hall–Kier alpha value is -2.82. The van der Waals surface area contributed by atoms with Crippen molar-refractivity contribution in [2.75, 3.05) is 6.61 Å². The molecule has 0 aromatic carbocycles. The molecular weight excluding hydrogens is 338 g/mol. The molecule has 136 valence electrons. The molecule has 1 unspecified atom stereocenters. The molecule has 1 aromatic rings. The Labute approximate surface area is 141 Å². The fraction of sp³-hybridized carbons (Fsp3) is 0.571. The summed E-state index contributed by atoms with van der Waals surface area (Å²) < 4.78 is 21.9. The lowest BCUT2D eigenvalue weighted by Crippen LogP contribution is -2.41. The number of esters is 3. The highest BCUT2D eigenvalue weighted by atomic mass is 16.7. The predicted molar refractivity (Wildman–Crippen MR) is 77.9 cm³/mol. The van der Waals surface area contributed by atoms with Crippen molar-refractivity contribution in [2.24, 2.45) is 0 Å². The number of hydrogen-bond donors (Lipinski definition) is 0. The van der Waals surface area contributed by atoms with Crippen molar-refractivity contribution >= 4 is 17.9 Å². The van der Waals surface area contributed by atoms with Crippen molar-refractivity contribution < 1.29 is 33.3 Å². The van der Waals surface area contributed by atoms with Crippen LogP contribution in [0.15, 0.2) is 17.4 Å². The van der Waals surface area contributed by atoms with Gasteiger partial charge in [-0.3, -0.25) is 19.0 Å². The third kappa shape index (κ3) is 4.59. The van der Waals surface area contributed by atoms with Gasteiger partial charge in [0.05, 0.1) is 0 Å². The van der Waals surface area contributed by atoms with Crippen LogP contribution in [0.3, 0.4) is 0 Å². The topological polar surface area (TPSA) is 136 Å². The molecule has 11 nitrogen and oxygen atoms in total. The van der Waals surface area contributed by atoms with Crippen molar-refractivity contribution in [2.45, 2.75) is 45.3 Å². The van der Waals surface area contributed by atoms with Crippen molar-refractivity contribution in [1.29, 1.82) is 0 Å². The first-order valence-corrected chi connectivity index (χ1v) is 7.31. The number of carbonyl (C=O) groups excluding carboxylic acids is 3. The van der Waals surface area contributed by atoms with Gasteiger partial charge in [0.2, 0.25) is 0 Å². The molecule has 25 heavy (non-hydrogen) atoms. The smallest absolute Gasteiger partial charge is 0.352 e. The van der Waals surface area contributed by atoms with E-state index in [0.29, 0.717) is 0 Å². The summed E-state index contributed by atoms with van der Waals surface area (Å²) in [4.78, 5) is 53.1. The fourth-order valence-corrected chi connectivity index (χ4v) is 2.39. The minimum atomic E-state index is -1.15. The van der Waals surface area contributed by atoms with Crippen LogP contribution in [0.25, 0.3) is 0 Å². The van der Waals surface area contributed by atoms with E-state index < -0.39 is 48.1 Å². The second-order valence-corrected chi connectivity index (χ2v) is 5.21. The van der Waals surface area contributed by atoms with Crippen LogP contribution in [0.2, 0.25) is 0 Å². The van der Waals surface area contributed by atoms with Crippen LogP contribution < -0.4 is 5.69 Å². The van der Waals surface area contributed by atoms with Gasteiger partial charge in [0, 0.05) is 20.8 Å². The number of ether oxygens (including phenoxy) is 4. The van der Waals surface area contributed by atoms with Gasteiger partial charge in [-0.05, 0) is 0 Å². The molecule has 4 atom stereocenters. The molecule has 1 aliphatic rings. The normalized spacial score (nSPS) is 25.2. The molecule has 0 bridgehead atoms. The van der Waals surface area contributed by atoms with Crippen molar-refractivity contribution in [3.63, 3.8) is 0 Å². The molecule has 0 saturated carbocycles. The molecular formula is C14H17N3O8. The highest BCUT2D eigenvalue weighted by Crippen LogP contribution is 2.33. The summed E-state index contributed by atoms with van der Waals surface area (Å²) in [7, 11) is 0. The van der Waals surface area contributed by atoms with Gasteiger partial charge in [-0.15, -0.1) is 0 Å². The fourth-order valence-electron chi connectivity index (χ4n) is 2.39. The zero-order valence-electron chi connectivity index (χ0n) is 13.8. The van der Waals surface area contributed by atoms with E-state index in [4.69, 9.17) is 18.9 Å². The maximum atomic E-state index is 11.9. The van der Waals surface area contributed by atoms with Gasteiger partial charge in [0.15, 0.2) is 18.4 Å². The third-order valence-corrected chi connectivity index (χ3v) is 3.26. The summed E-state index contributed by atoms with van der Waals surface area (Å²) in [6, 6.07) is 0. The van der Waals surface area contributed by atoms with Crippen LogP contribution in [0.4, 0.5) is 0 Å². The Morgan fingerprint density at radius 1 is 1.12 bits per heavy atom. The van der Waals surface area contributed by atoms with Gasteiger partial charge < -0.3 is 18.9 Å². The summed E-state index contributed by atoms with van der Waals surface area (Å²) in [5, 5.41) is 0. The molecule has 0 spiro atoms. The molecule has 11 heteroatoms. The first-order chi connectivity index (χ1) is 11.8. The third-order valence-electron chi connectivity index (χ3n) is 3.26. The molecule has 2 rings (SSSR count). The molecule has 2 heterocycles. The Morgan fingerprint density at radius 2 is 1.76 bits per heavy atom. The van der Waals surface area contributed by atoms with Crippen LogP contribution >= 0.6 is 0 Å². The first kappa shape index (κ1) is 18.5. The van der Waals surface area contributed by atoms with Crippen LogP contribution in [0.1, 0.15) is 27.0 Å². The molecule has 0 amide bonds. The molecule has 0 radical (unpaired) electrons. The van der Waals surface area contributed by atoms with E-state index >= 15 is 0 Å². The number of hydrogen-bond acceptors (Lipinski definition) is 10. The van der Waals surface area contributed by atoms with Gasteiger partial charge in [-0.2, -0.15) is 4.98 Å². The lowest BCUT2D eigenvalue weighted by Gasteiger charge is -2.23.